The SMILES string of the molecule is O=c1cccc(CN2CCN(Cc3cccc(=O)n3O)CCN(Cc3cccc(=O)n3O)C(Cc3ccc(N=C=S)cc3)CN(Cc3cccc(=O)n3O)CC2)n1O. The summed E-state index contributed by atoms with van der Waals surface area (Å²) in [6, 6.07) is 25.3. The van der Waals surface area contributed by atoms with Crippen molar-refractivity contribution in [1.29, 1.82) is 0 Å². The van der Waals surface area contributed by atoms with E-state index < -0.39 is 22.2 Å². The smallest absolute Gasteiger partial charge is 0.283 e. The Morgan fingerprint density at radius 2 is 0.897 bits per heavy atom. The van der Waals surface area contributed by atoms with Gasteiger partial charge in [0, 0.05) is 102 Å². The summed E-state index contributed by atoms with van der Waals surface area (Å²) >= 11 is 4.79. The monoisotopic (exact) mass is 811 g/mol. The Bertz CT molecular complexity index is 2480. The van der Waals surface area contributed by atoms with Gasteiger partial charge in [-0.2, -0.15) is 23.9 Å². The number of hydrogen-bond acceptors (Lipinski definition) is 14. The van der Waals surface area contributed by atoms with Gasteiger partial charge >= 0.3 is 0 Å². The zero-order valence-electron chi connectivity index (χ0n) is 31.7. The molecule has 1 fully saturated rings. The summed E-state index contributed by atoms with van der Waals surface area (Å²) in [5, 5.41) is 45.3. The van der Waals surface area contributed by atoms with Crippen LogP contribution in [0.5, 0.6) is 0 Å². The maximum Gasteiger partial charge on any atom is 0.283 e. The van der Waals surface area contributed by atoms with E-state index in [0.29, 0.717) is 99.6 Å². The largest absolute Gasteiger partial charge is 0.425 e. The van der Waals surface area contributed by atoms with Crippen molar-refractivity contribution in [2.75, 3.05) is 45.8 Å². The second-order valence-electron chi connectivity index (χ2n) is 14.2. The molecule has 1 aromatic carbocycles. The molecule has 5 aromatic rings. The van der Waals surface area contributed by atoms with E-state index >= 15 is 0 Å². The van der Waals surface area contributed by atoms with Gasteiger partial charge in [-0.1, -0.05) is 36.4 Å². The Labute approximate surface area is 337 Å². The van der Waals surface area contributed by atoms with Gasteiger partial charge in [-0.05, 0) is 60.6 Å². The van der Waals surface area contributed by atoms with Crippen molar-refractivity contribution in [3.05, 3.63) is 167 Å². The van der Waals surface area contributed by atoms with Crippen LogP contribution in [0.25, 0.3) is 0 Å². The van der Waals surface area contributed by atoms with E-state index in [0.717, 1.165) is 5.56 Å². The van der Waals surface area contributed by atoms with Crippen molar-refractivity contribution in [2.24, 2.45) is 4.99 Å². The Morgan fingerprint density at radius 3 is 1.33 bits per heavy atom. The first kappa shape index (κ1) is 41.5. The first-order chi connectivity index (χ1) is 28.0. The molecule has 0 amide bonds. The molecule has 6 rings (SSSR count). The Balaban J connectivity index is 1.43. The van der Waals surface area contributed by atoms with E-state index in [1.165, 1.54) is 24.3 Å². The highest BCUT2D eigenvalue weighted by molar-refractivity contribution is 7.78. The molecule has 58 heavy (non-hydrogen) atoms. The third-order valence-corrected chi connectivity index (χ3v) is 10.4. The number of pyridine rings is 4. The molecule has 0 radical (unpaired) electrons. The highest BCUT2D eigenvalue weighted by atomic mass is 32.1. The summed E-state index contributed by atoms with van der Waals surface area (Å²) in [4.78, 5) is 62.4. The predicted molar refractivity (Wildman–Crippen MR) is 216 cm³/mol. The van der Waals surface area contributed by atoms with Crippen LogP contribution in [-0.2, 0) is 32.6 Å². The lowest BCUT2D eigenvalue weighted by Gasteiger charge is -2.39. The average molecular weight is 812 g/mol. The van der Waals surface area contributed by atoms with Gasteiger partial charge in [-0.25, -0.2) is 0 Å². The van der Waals surface area contributed by atoms with Gasteiger partial charge in [0.25, 0.3) is 22.2 Å². The second-order valence-corrected chi connectivity index (χ2v) is 14.3. The van der Waals surface area contributed by atoms with Gasteiger partial charge < -0.3 is 20.8 Å². The van der Waals surface area contributed by atoms with Gasteiger partial charge in [0.1, 0.15) is 0 Å². The number of thiocarbonyl (C=S) groups is 1. The normalized spacial score (nSPS) is 16.6. The molecule has 1 atom stereocenters. The van der Waals surface area contributed by atoms with Crippen molar-refractivity contribution in [2.45, 2.75) is 38.6 Å². The lowest BCUT2D eigenvalue weighted by molar-refractivity contribution is 0.0674. The minimum Gasteiger partial charge on any atom is -0.425 e. The van der Waals surface area contributed by atoms with E-state index in [2.05, 4.69) is 29.8 Å². The Kier molecular flexibility index (Phi) is 13.8. The van der Waals surface area contributed by atoms with E-state index in [9.17, 15) is 40.0 Å². The third-order valence-electron chi connectivity index (χ3n) is 10.3. The zero-order valence-corrected chi connectivity index (χ0v) is 32.5. The average Bonchev–Trinajstić information content (AvgIpc) is 3.20. The van der Waals surface area contributed by atoms with Crippen LogP contribution < -0.4 is 22.2 Å². The molecule has 17 nitrogen and oxygen atoms in total. The minimum absolute atomic E-state index is 0.159. The molecule has 5 heterocycles. The van der Waals surface area contributed by atoms with Gasteiger partial charge in [-0.3, -0.25) is 38.8 Å². The van der Waals surface area contributed by atoms with E-state index in [1.807, 2.05) is 24.3 Å². The van der Waals surface area contributed by atoms with Gasteiger partial charge in [0.2, 0.25) is 0 Å². The standard InChI is InChI=1S/C40H45N9O8S/c50-37-9-1-5-32(46(37)54)24-42-17-18-43(25-33-6-2-10-38(51)47(33)55)21-22-45(28-35-8-4-12-40(53)49(35)57)36(23-30-13-15-31(16-14-30)41-29-58)27-44(20-19-42)26-34-7-3-11-39(52)48(34)56/h1-16,36,54-57H,17-28H2. The maximum absolute atomic E-state index is 12.6. The van der Waals surface area contributed by atoms with E-state index in [1.54, 1.807) is 48.5 Å². The van der Waals surface area contributed by atoms with Crippen molar-refractivity contribution in [3.8, 4) is 0 Å². The Morgan fingerprint density at radius 1 is 0.517 bits per heavy atom. The molecule has 4 N–H and O–H groups in total. The second kappa shape index (κ2) is 19.3. The fourth-order valence-corrected chi connectivity index (χ4v) is 7.22. The highest BCUT2D eigenvalue weighted by Gasteiger charge is 2.27. The molecule has 1 aliphatic heterocycles. The van der Waals surface area contributed by atoms with Gasteiger partial charge in [0.05, 0.1) is 33.6 Å². The molecule has 304 valence electrons. The van der Waals surface area contributed by atoms with Crippen molar-refractivity contribution >= 4 is 23.1 Å². The van der Waals surface area contributed by atoms with Gasteiger partial charge in [0.15, 0.2) is 0 Å². The molecule has 1 aliphatic rings. The molecule has 0 bridgehead atoms. The van der Waals surface area contributed by atoms with Crippen molar-refractivity contribution in [3.63, 3.8) is 0 Å². The number of nitrogens with zero attached hydrogens (tertiary/aromatic N) is 9. The van der Waals surface area contributed by atoms with E-state index in [-0.39, 0.29) is 32.2 Å². The lowest BCUT2D eigenvalue weighted by atomic mass is 10.0. The number of aliphatic imine (C=N–C) groups is 1. The molecular weight excluding hydrogens is 767 g/mol. The summed E-state index contributed by atoms with van der Waals surface area (Å²) in [5.74, 6) is 0. The number of aromatic nitrogens is 4. The first-order valence-electron chi connectivity index (χ1n) is 18.7. The summed E-state index contributed by atoms with van der Waals surface area (Å²) in [6.07, 6.45) is 0.487. The van der Waals surface area contributed by atoms with Crippen LogP contribution in [0.15, 0.2) is 121 Å². The summed E-state index contributed by atoms with van der Waals surface area (Å²) < 4.78 is 2.50. The number of hydrogen-bond donors (Lipinski definition) is 4. The molecule has 4 aromatic heterocycles. The van der Waals surface area contributed by atoms with Crippen molar-refractivity contribution < 1.29 is 20.8 Å². The molecule has 0 spiro atoms. The zero-order chi connectivity index (χ0) is 41.2. The van der Waals surface area contributed by atoms with E-state index in [4.69, 9.17) is 12.2 Å². The van der Waals surface area contributed by atoms with Crippen LogP contribution in [0.2, 0.25) is 0 Å². The van der Waals surface area contributed by atoms with Crippen molar-refractivity contribution in [1.82, 2.24) is 38.5 Å². The molecule has 1 saturated heterocycles. The minimum atomic E-state index is -0.580. The summed E-state index contributed by atoms with van der Waals surface area (Å²) in [6.45, 7) is 3.59. The molecule has 18 heteroatoms. The molecule has 0 saturated carbocycles. The van der Waals surface area contributed by atoms with Crippen LogP contribution in [0, 0.1) is 0 Å². The highest BCUT2D eigenvalue weighted by Crippen LogP contribution is 2.20. The third kappa shape index (κ3) is 10.6. The van der Waals surface area contributed by atoms with Gasteiger partial charge in [-0.15, -0.1) is 0 Å². The van der Waals surface area contributed by atoms with Crippen LogP contribution >= 0.6 is 12.2 Å². The molecular formula is C40H45N9O8S. The molecule has 0 aliphatic carbocycles. The fourth-order valence-electron chi connectivity index (χ4n) is 7.11. The Hall–Kier alpha value is -6.14. The quantitative estimate of drug-likeness (QED) is 0.0861. The predicted octanol–water partition coefficient (Wildman–Crippen LogP) is 1.95. The summed E-state index contributed by atoms with van der Waals surface area (Å²) in [7, 11) is 0. The topological polar surface area (TPSA) is 194 Å². The van der Waals surface area contributed by atoms with Crippen LogP contribution in [-0.4, -0.2) is 116 Å². The maximum atomic E-state index is 12.6. The number of isothiocyanates is 1. The van der Waals surface area contributed by atoms with Crippen LogP contribution in [0.1, 0.15) is 28.3 Å². The number of rotatable bonds is 11. The molecule has 1 unspecified atom stereocenters. The summed E-state index contributed by atoms with van der Waals surface area (Å²) in [5.41, 5.74) is 0.768. The number of benzene rings is 1. The lowest BCUT2D eigenvalue weighted by Crippen LogP contribution is -2.51. The van der Waals surface area contributed by atoms with Crippen LogP contribution in [0.3, 0.4) is 0 Å². The fraction of sp³-hybridized carbons (Fsp3) is 0.325. The van der Waals surface area contributed by atoms with Crippen LogP contribution in [0.4, 0.5) is 5.69 Å². The first-order valence-corrected chi connectivity index (χ1v) is 19.1.